The number of alkyl halides is 3. The third-order valence-electron chi connectivity index (χ3n) is 4.32. The molecule has 27 heavy (non-hydrogen) atoms. The Kier molecular flexibility index (Phi) is 4.65. The van der Waals surface area contributed by atoms with E-state index >= 15 is 0 Å². The van der Waals surface area contributed by atoms with Crippen LogP contribution >= 0.6 is 0 Å². The molecule has 0 aromatic heterocycles. The summed E-state index contributed by atoms with van der Waals surface area (Å²) in [7, 11) is 0. The average molecular weight is 376 g/mol. The number of nitrogens with zero attached hydrogens (tertiary/aromatic N) is 1. The summed E-state index contributed by atoms with van der Waals surface area (Å²) in [5.41, 5.74) is 4.59. The third-order valence-corrected chi connectivity index (χ3v) is 4.32. The van der Waals surface area contributed by atoms with Gasteiger partial charge in [0.25, 0.3) is 11.8 Å². The molecule has 1 unspecified atom stereocenters. The van der Waals surface area contributed by atoms with Crippen LogP contribution in [0.3, 0.4) is 0 Å². The fourth-order valence-corrected chi connectivity index (χ4v) is 3.06. The van der Waals surface area contributed by atoms with Gasteiger partial charge in [-0.1, -0.05) is 30.3 Å². The smallest absolute Gasteiger partial charge is 0.416 e. The second-order valence-corrected chi connectivity index (χ2v) is 6.04. The first-order chi connectivity index (χ1) is 12.7. The summed E-state index contributed by atoms with van der Waals surface area (Å²) >= 11 is 0. The maximum atomic E-state index is 12.8. The van der Waals surface area contributed by atoms with Gasteiger partial charge in [-0.2, -0.15) is 13.2 Å². The van der Waals surface area contributed by atoms with Gasteiger partial charge in [0.1, 0.15) is 11.3 Å². The summed E-state index contributed by atoms with van der Waals surface area (Å²) in [6.07, 6.45) is -4.60. The van der Waals surface area contributed by atoms with Gasteiger partial charge >= 0.3 is 6.18 Å². The minimum Gasteiger partial charge on any atom is -0.511 e. The van der Waals surface area contributed by atoms with E-state index in [0.717, 1.165) is 24.3 Å². The lowest BCUT2D eigenvalue weighted by Crippen LogP contribution is -2.43. The Hall–Kier alpha value is -3.29. The lowest BCUT2D eigenvalue weighted by atomic mass is 9.93. The number of hydrogen-bond donors (Lipinski definition) is 2. The number of anilines is 1. The SMILES string of the molecule is NC(=O)C1=C(O)CC(c2ccccc2)N(c2ccc(C(F)(F)F)cc2)C1=O. The zero-order chi connectivity index (χ0) is 19.8. The highest BCUT2D eigenvalue weighted by atomic mass is 19.4. The first-order valence-electron chi connectivity index (χ1n) is 7.98. The number of benzene rings is 2. The van der Waals surface area contributed by atoms with Gasteiger partial charge in [0.2, 0.25) is 0 Å². The van der Waals surface area contributed by atoms with E-state index in [1.54, 1.807) is 30.3 Å². The molecule has 2 aromatic carbocycles. The lowest BCUT2D eigenvalue weighted by Gasteiger charge is -2.36. The molecule has 0 radical (unpaired) electrons. The largest absolute Gasteiger partial charge is 0.511 e. The second kappa shape index (κ2) is 6.79. The molecule has 1 aliphatic heterocycles. The Morgan fingerprint density at radius 1 is 1.07 bits per heavy atom. The van der Waals surface area contributed by atoms with Crippen LogP contribution in [0.1, 0.15) is 23.6 Å². The minimum atomic E-state index is -4.51. The molecule has 140 valence electrons. The zero-order valence-corrected chi connectivity index (χ0v) is 13.9. The van der Waals surface area contributed by atoms with E-state index in [4.69, 9.17) is 5.73 Å². The molecule has 1 atom stereocenters. The van der Waals surface area contributed by atoms with Crippen molar-refractivity contribution in [1.29, 1.82) is 0 Å². The van der Waals surface area contributed by atoms with Crippen molar-refractivity contribution in [1.82, 2.24) is 0 Å². The van der Waals surface area contributed by atoms with Crippen LogP contribution in [0.15, 0.2) is 65.9 Å². The van der Waals surface area contributed by atoms with Gasteiger partial charge in [-0.3, -0.25) is 9.59 Å². The van der Waals surface area contributed by atoms with Crippen molar-refractivity contribution in [3.05, 3.63) is 77.1 Å². The molecule has 2 amide bonds. The molecule has 0 saturated carbocycles. The molecule has 0 bridgehead atoms. The van der Waals surface area contributed by atoms with Gasteiger partial charge in [-0.05, 0) is 29.8 Å². The molecular weight excluding hydrogens is 361 g/mol. The van der Waals surface area contributed by atoms with E-state index in [1.165, 1.54) is 4.90 Å². The van der Waals surface area contributed by atoms with Crippen LogP contribution in [-0.2, 0) is 15.8 Å². The van der Waals surface area contributed by atoms with Crippen LogP contribution in [0, 0.1) is 0 Å². The van der Waals surface area contributed by atoms with Gasteiger partial charge in [0.05, 0.1) is 11.6 Å². The summed E-state index contributed by atoms with van der Waals surface area (Å²) in [5, 5.41) is 10.1. The quantitative estimate of drug-likeness (QED) is 0.805. The number of aliphatic hydroxyl groups excluding tert-OH is 1. The topological polar surface area (TPSA) is 83.6 Å². The number of carbonyl (C=O) groups is 2. The number of aliphatic hydroxyl groups is 1. The number of hydrogen-bond acceptors (Lipinski definition) is 3. The van der Waals surface area contributed by atoms with Crippen LogP contribution in [0.25, 0.3) is 0 Å². The molecule has 3 N–H and O–H groups in total. The van der Waals surface area contributed by atoms with E-state index < -0.39 is 40.9 Å². The number of carbonyl (C=O) groups excluding carboxylic acids is 2. The highest BCUT2D eigenvalue weighted by molar-refractivity contribution is 6.24. The normalized spacial score (nSPS) is 18.0. The summed E-state index contributed by atoms with van der Waals surface area (Å²) < 4.78 is 38.5. The van der Waals surface area contributed by atoms with Crippen molar-refractivity contribution in [2.75, 3.05) is 4.90 Å². The molecule has 5 nitrogen and oxygen atoms in total. The highest BCUT2D eigenvalue weighted by Gasteiger charge is 2.39. The minimum absolute atomic E-state index is 0.0882. The molecular formula is C19H15F3N2O3. The van der Waals surface area contributed by atoms with E-state index in [2.05, 4.69) is 0 Å². The zero-order valence-electron chi connectivity index (χ0n) is 13.9. The molecule has 0 spiro atoms. The molecule has 8 heteroatoms. The number of primary amides is 1. The van der Waals surface area contributed by atoms with E-state index in [9.17, 15) is 27.9 Å². The van der Waals surface area contributed by atoms with Crippen molar-refractivity contribution in [3.63, 3.8) is 0 Å². The molecule has 1 aliphatic rings. The average Bonchev–Trinajstić information content (AvgIpc) is 2.61. The Morgan fingerprint density at radius 3 is 2.19 bits per heavy atom. The van der Waals surface area contributed by atoms with Crippen LogP contribution in [0.4, 0.5) is 18.9 Å². The van der Waals surface area contributed by atoms with Crippen LogP contribution in [0.5, 0.6) is 0 Å². The monoisotopic (exact) mass is 376 g/mol. The number of amides is 2. The predicted molar refractivity (Wildman–Crippen MR) is 91.6 cm³/mol. The van der Waals surface area contributed by atoms with Crippen molar-refractivity contribution >= 4 is 17.5 Å². The lowest BCUT2D eigenvalue weighted by molar-refractivity contribution is -0.137. The van der Waals surface area contributed by atoms with Crippen molar-refractivity contribution in [2.45, 2.75) is 18.6 Å². The van der Waals surface area contributed by atoms with E-state index in [0.29, 0.717) is 5.56 Å². The van der Waals surface area contributed by atoms with Gasteiger partial charge in [-0.15, -0.1) is 0 Å². The number of rotatable bonds is 3. The molecule has 1 heterocycles. The van der Waals surface area contributed by atoms with Gasteiger partial charge in [-0.25, -0.2) is 0 Å². The second-order valence-electron chi connectivity index (χ2n) is 6.04. The van der Waals surface area contributed by atoms with Crippen LogP contribution in [0.2, 0.25) is 0 Å². The van der Waals surface area contributed by atoms with Crippen molar-refractivity contribution in [3.8, 4) is 0 Å². The van der Waals surface area contributed by atoms with Gasteiger partial charge < -0.3 is 15.7 Å². The van der Waals surface area contributed by atoms with Gasteiger partial charge in [0.15, 0.2) is 0 Å². The van der Waals surface area contributed by atoms with Crippen molar-refractivity contribution in [2.24, 2.45) is 5.73 Å². The Bertz CT molecular complexity index is 906. The van der Waals surface area contributed by atoms with Crippen LogP contribution in [-0.4, -0.2) is 16.9 Å². The fourth-order valence-electron chi connectivity index (χ4n) is 3.06. The first-order valence-corrected chi connectivity index (χ1v) is 7.98. The van der Waals surface area contributed by atoms with E-state index in [1.807, 2.05) is 0 Å². The maximum absolute atomic E-state index is 12.8. The molecule has 0 fully saturated rings. The van der Waals surface area contributed by atoms with Gasteiger partial charge in [0, 0.05) is 12.1 Å². The Balaban J connectivity index is 2.10. The molecule has 3 rings (SSSR count). The standard InChI is InChI=1S/C19H15F3N2O3/c20-19(21,22)12-6-8-13(9-7-12)24-14(11-4-2-1-3-5-11)10-15(25)16(17(23)26)18(24)27/h1-9,14,25H,10H2,(H2,23,26). The molecule has 0 aliphatic carbocycles. The van der Waals surface area contributed by atoms with E-state index in [-0.39, 0.29) is 12.1 Å². The number of nitrogens with two attached hydrogens (primary N) is 1. The van der Waals surface area contributed by atoms with Crippen molar-refractivity contribution < 1.29 is 27.9 Å². The highest BCUT2D eigenvalue weighted by Crippen LogP contribution is 2.38. The Morgan fingerprint density at radius 2 is 1.67 bits per heavy atom. The number of halogens is 3. The third kappa shape index (κ3) is 3.51. The Labute approximate surface area is 152 Å². The fraction of sp³-hybridized carbons (Fsp3) is 0.158. The molecule has 2 aromatic rings. The summed E-state index contributed by atoms with van der Waals surface area (Å²) in [4.78, 5) is 25.6. The predicted octanol–water partition coefficient (Wildman–Crippen LogP) is 3.48. The molecule has 0 saturated heterocycles. The summed E-state index contributed by atoms with van der Waals surface area (Å²) in [6.45, 7) is 0. The van der Waals surface area contributed by atoms with Crippen LogP contribution < -0.4 is 10.6 Å². The summed E-state index contributed by atoms with van der Waals surface area (Å²) in [6, 6.07) is 12.0. The first kappa shape index (κ1) is 18.5. The maximum Gasteiger partial charge on any atom is 0.416 e. The summed E-state index contributed by atoms with van der Waals surface area (Å²) in [5.74, 6) is -2.40.